The molecule has 2 aromatic carbocycles. The molecule has 0 aliphatic rings. The van der Waals surface area contributed by atoms with Gasteiger partial charge in [-0.15, -0.1) is 0 Å². The molecular formula is C15H13BF3NO3. The summed E-state index contributed by atoms with van der Waals surface area (Å²) in [6.07, 6.45) is -4.44. The highest BCUT2D eigenvalue weighted by Crippen LogP contribution is 2.29. The molecule has 0 radical (unpaired) electrons. The second-order valence-corrected chi connectivity index (χ2v) is 4.87. The fourth-order valence-electron chi connectivity index (χ4n) is 1.90. The molecule has 2 rings (SSSR count). The van der Waals surface area contributed by atoms with Crippen LogP contribution in [0.5, 0.6) is 0 Å². The van der Waals surface area contributed by atoms with Crippen molar-refractivity contribution >= 4 is 18.5 Å². The summed E-state index contributed by atoms with van der Waals surface area (Å²) < 4.78 is 37.3. The average molecular weight is 323 g/mol. The minimum Gasteiger partial charge on any atom is -0.423 e. The molecular weight excluding hydrogens is 310 g/mol. The van der Waals surface area contributed by atoms with Crippen molar-refractivity contribution in [2.75, 3.05) is 0 Å². The zero-order valence-electron chi connectivity index (χ0n) is 11.8. The van der Waals surface area contributed by atoms with Gasteiger partial charge in [0.15, 0.2) is 0 Å². The lowest BCUT2D eigenvalue weighted by Gasteiger charge is -2.09. The first kappa shape index (κ1) is 17.0. The summed E-state index contributed by atoms with van der Waals surface area (Å²) >= 11 is 0. The van der Waals surface area contributed by atoms with E-state index in [2.05, 4.69) is 5.32 Å². The lowest BCUT2D eigenvalue weighted by Crippen LogP contribution is -2.29. The van der Waals surface area contributed by atoms with Crippen LogP contribution in [-0.2, 0) is 12.7 Å². The lowest BCUT2D eigenvalue weighted by molar-refractivity contribution is -0.137. The van der Waals surface area contributed by atoms with Crippen molar-refractivity contribution < 1.29 is 28.0 Å². The van der Waals surface area contributed by atoms with E-state index in [0.29, 0.717) is 5.46 Å². The van der Waals surface area contributed by atoms with E-state index in [1.807, 2.05) is 0 Å². The van der Waals surface area contributed by atoms with Gasteiger partial charge in [-0.1, -0.05) is 24.3 Å². The first-order valence-corrected chi connectivity index (χ1v) is 6.68. The van der Waals surface area contributed by atoms with Gasteiger partial charge in [0.25, 0.3) is 5.91 Å². The van der Waals surface area contributed by atoms with E-state index < -0.39 is 24.8 Å². The van der Waals surface area contributed by atoms with Crippen molar-refractivity contribution in [1.29, 1.82) is 0 Å². The summed E-state index contributed by atoms with van der Waals surface area (Å²) in [5.41, 5.74) is 0.352. The third-order valence-electron chi connectivity index (χ3n) is 3.21. The topological polar surface area (TPSA) is 69.6 Å². The maximum Gasteiger partial charge on any atom is 0.488 e. The van der Waals surface area contributed by atoms with Gasteiger partial charge in [0.05, 0.1) is 5.56 Å². The quantitative estimate of drug-likeness (QED) is 0.743. The summed E-state index contributed by atoms with van der Waals surface area (Å²) in [7, 11) is -1.56. The van der Waals surface area contributed by atoms with Gasteiger partial charge in [0, 0.05) is 12.1 Å². The maximum atomic E-state index is 12.4. The fraction of sp³-hybridized carbons (Fsp3) is 0.133. The van der Waals surface area contributed by atoms with E-state index in [0.717, 1.165) is 29.8 Å². The number of amides is 1. The van der Waals surface area contributed by atoms with Crippen LogP contribution in [-0.4, -0.2) is 23.1 Å². The largest absolute Gasteiger partial charge is 0.488 e. The predicted molar refractivity (Wildman–Crippen MR) is 78.9 cm³/mol. The van der Waals surface area contributed by atoms with Crippen molar-refractivity contribution in [2.24, 2.45) is 0 Å². The van der Waals surface area contributed by atoms with Crippen molar-refractivity contribution in [2.45, 2.75) is 12.7 Å². The molecule has 0 unspecified atom stereocenters. The highest BCUT2D eigenvalue weighted by molar-refractivity contribution is 6.58. The summed E-state index contributed by atoms with van der Waals surface area (Å²) in [6, 6.07) is 10.2. The number of hydrogen-bond donors (Lipinski definition) is 3. The van der Waals surface area contributed by atoms with Gasteiger partial charge in [-0.25, -0.2) is 0 Å². The Morgan fingerprint density at radius 2 is 1.57 bits per heavy atom. The van der Waals surface area contributed by atoms with Gasteiger partial charge in [-0.2, -0.15) is 13.2 Å². The molecule has 0 aliphatic heterocycles. The Balaban J connectivity index is 1.96. The number of rotatable bonds is 4. The van der Waals surface area contributed by atoms with Gasteiger partial charge in [-0.3, -0.25) is 4.79 Å². The Morgan fingerprint density at radius 1 is 1.00 bits per heavy atom. The second kappa shape index (κ2) is 6.85. The molecule has 4 nitrogen and oxygen atoms in total. The summed E-state index contributed by atoms with van der Waals surface area (Å²) in [4.78, 5) is 11.9. The van der Waals surface area contributed by atoms with Crippen LogP contribution in [0.3, 0.4) is 0 Å². The zero-order valence-corrected chi connectivity index (χ0v) is 11.8. The summed E-state index contributed by atoms with van der Waals surface area (Å²) in [6.45, 7) is 0.168. The molecule has 0 aromatic heterocycles. The van der Waals surface area contributed by atoms with E-state index in [1.54, 1.807) is 12.1 Å². The molecule has 2 aromatic rings. The van der Waals surface area contributed by atoms with Gasteiger partial charge < -0.3 is 15.4 Å². The monoisotopic (exact) mass is 323 g/mol. The van der Waals surface area contributed by atoms with Gasteiger partial charge in [0.2, 0.25) is 0 Å². The van der Waals surface area contributed by atoms with Crippen molar-refractivity contribution in [3.05, 3.63) is 65.2 Å². The summed E-state index contributed by atoms with van der Waals surface area (Å²) in [5.74, 6) is -0.495. The van der Waals surface area contributed by atoms with Crippen LogP contribution >= 0.6 is 0 Å². The number of halogens is 3. The van der Waals surface area contributed by atoms with Crippen LogP contribution < -0.4 is 10.8 Å². The highest BCUT2D eigenvalue weighted by Gasteiger charge is 2.30. The fourth-order valence-corrected chi connectivity index (χ4v) is 1.90. The van der Waals surface area contributed by atoms with E-state index in [4.69, 9.17) is 10.0 Å². The third-order valence-corrected chi connectivity index (χ3v) is 3.21. The Kier molecular flexibility index (Phi) is 5.07. The minimum atomic E-state index is -4.44. The number of carbonyl (C=O) groups excluding carboxylic acids is 1. The normalized spacial score (nSPS) is 11.2. The Labute approximate surface area is 130 Å². The van der Waals surface area contributed by atoms with Crippen LogP contribution in [0.25, 0.3) is 0 Å². The van der Waals surface area contributed by atoms with E-state index in [1.165, 1.54) is 12.1 Å². The molecule has 0 atom stereocenters. The van der Waals surface area contributed by atoms with Crippen LogP contribution in [0.1, 0.15) is 21.5 Å². The van der Waals surface area contributed by atoms with Crippen molar-refractivity contribution in [1.82, 2.24) is 5.32 Å². The maximum absolute atomic E-state index is 12.4. The molecule has 120 valence electrons. The van der Waals surface area contributed by atoms with E-state index >= 15 is 0 Å². The van der Waals surface area contributed by atoms with Gasteiger partial charge in [-0.05, 0) is 35.3 Å². The molecule has 3 N–H and O–H groups in total. The number of benzene rings is 2. The van der Waals surface area contributed by atoms with E-state index in [9.17, 15) is 18.0 Å². The third kappa shape index (κ3) is 4.57. The molecule has 0 aliphatic carbocycles. The molecule has 0 heterocycles. The Morgan fingerprint density at radius 3 is 2.04 bits per heavy atom. The van der Waals surface area contributed by atoms with Gasteiger partial charge >= 0.3 is 13.3 Å². The zero-order chi connectivity index (χ0) is 17.0. The van der Waals surface area contributed by atoms with Crippen LogP contribution in [0.4, 0.5) is 13.2 Å². The number of hydrogen-bond acceptors (Lipinski definition) is 3. The van der Waals surface area contributed by atoms with Crippen molar-refractivity contribution in [3.8, 4) is 0 Å². The predicted octanol–water partition coefficient (Wildman–Crippen LogP) is 1.32. The summed E-state index contributed by atoms with van der Waals surface area (Å²) in [5, 5.41) is 20.5. The first-order valence-electron chi connectivity index (χ1n) is 6.68. The second-order valence-electron chi connectivity index (χ2n) is 4.87. The number of alkyl halides is 3. The standard InChI is InChI=1S/C15H13BF3NO3/c17-15(18,19)12-5-3-11(4-6-12)14(21)20-9-10-1-7-13(8-2-10)16(22)23/h1-8,22-23H,9H2,(H,20,21). The SMILES string of the molecule is O=C(NCc1ccc(B(O)O)cc1)c1ccc(C(F)(F)F)cc1. The molecule has 0 saturated carbocycles. The molecule has 0 spiro atoms. The molecule has 8 heteroatoms. The molecule has 1 amide bonds. The van der Waals surface area contributed by atoms with Gasteiger partial charge in [0.1, 0.15) is 0 Å². The first-order chi connectivity index (χ1) is 10.8. The lowest BCUT2D eigenvalue weighted by atomic mass is 9.80. The molecule has 0 bridgehead atoms. The smallest absolute Gasteiger partial charge is 0.423 e. The highest BCUT2D eigenvalue weighted by atomic mass is 19.4. The van der Waals surface area contributed by atoms with E-state index in [-0.39, 0.29) is 12.1 Å². The Bertz CT molecular complexity index is 670. The van der Waals surface area contributed by atoms with Crippen LogP contribution in [0.15, 0.2) is 48.5 Å². The number of nitrogens with one attached hydrogen (secondary N) is 1. The van der Waals surface area contributed by atoms with Crippen LogP contribution in [0, 0.1) is 0 Å². The average Bonchev–Trinajstić information content (AvgIpc) is 2.52. The van der Waals surface area contributed by atoms with Crippen LogP contribution in [0.2, 0.25) is 0 Å². The molecule has 0 fully saturated rings. The minimum absolute atomic E-state index is 0.125. The Hall–Kier alpha value is -2.32. The number of carbonyl (C=O) groups is 1. The van der Waals surface area contributed by atoms with Crippen molar-refractivity contribution in [3.63, 3.8) is 0 Å². The molecule has 0 saturated heterocycles. The molecule has 23 heavy (non-hydrogen) atoms.